The molecule has 3 aromatic rings. The molecule has 0 aliphatic heterocycles. The van der Waals surface area contributed by atoms with E-state index in [1.54, 1.807) is 30.5 Å². The minimum Gasteiger partial charge on any atom is -0.507 e. The summed E-state index contributed by atoms with van der Waals surface area (Å²) in [5.41, 5.74) is 2.40. The Morgan fingerprint density at radius 2 is 1.80 bits per heavy atom. The second-order valence-corrected chi connectivity index (χ2v) is 6.70. The summed E-state index contributed by atoms with van der Waals surface area (Å²) >= 11 is 3.24. The molecule has 0 heterocycles. The fraction of sp³-hybridized carbons (Fsp3) is 0.105. The molecule has 0 saturated heterocycles. The summed E-state index contributed by atoms with van der Waals surface area (Å²) in [6.07, 6.45) is 2.07. The quantitative estimate of drug-likeness (QED) is 0.359. The minimum absolute atomic E-state index is 0.00755. The van der Waals surface area contributed by atoms with Gasteiger partial charge in [-0.25, -0.2) is 0 Å². The van der Waals surface area contributed by atoms with Gasteiger partial charge in [0.05, 0.1) is 4.47 Å². The van der Waals surface area contributed by atoms with E-state index in [-0.39, 0.29) is 22.7 Å². The molecule has 124 valence electrons. The molecule has 25 heavy (non-hydrogen) atoms. The van der Waals surface area contributed by atoms with Crippen LogP contribution >= 0.6 is 15.9 Å². The normalized spacial score (nSPS) is 11.4. The minimum atomic E-state index is 0.00755. The fourth-order valence-electron chi connectivity index (χ4n) is 2.64. The number of aromatic hydroxyl groups is 3. The second-order valence-electron chi connectivity index (χ2n) is 5.84. The van der Waals surface area contributed by atoms with E-state index in [0.717, 1.165) is 11.1 Å². The van der Waals surface area contributed by atoms with Crippen molar-refractivity contribution in [1.29, 1.82) is 0 Å². The lowest BCUT2D eigenvalue weighted by molar-refractivity contribution is 0.471. The molecule has 0 amide bonds. The molecule has 0 spiro atoms. The van der Waals surface area contributed by atoms with E-state index >= 15 is 0 Å². The van der Waals surface area contributed by atoms with Crippen LogP contribution < -0.4 is 5.46 Å². The van der Waals surface area contributed by atoms with E-state index in [4.69, 9.17) is 7.85 Å². The Balaban J connectivity index is 1.93. The van der Waals surface area contributed by atoms with Crippen LogP contribution in [-0.2, 0) is 6.42 Å². The lowest BCUT2D eigenvalue weighted by Crippen LogP contribution is -2.05. The van der Waals surface area contributed by atoms with E-state index in [0.29, 0.717) is 27.4 Å². The van der Waals surface area contributed by atoms with Crippen LogP contribution in [0.15, 0.2) is 45.9 Å². The zero-order valence-electron chi connectivity index (χ0n) is 13.5. The highest BCUT2D eigenvalue weighted by Crippen LogP contribution is 2.40. The Morgan fingerprint density at radius 3 is 2.52 bits per heavy atom. The maximum absolute atomic E-state index is 10.4. The van der Waals surface area contributed by atoms with Crippen molar-refractivity contribution in [3.63, 3.8) is 0 Å². The van der Waals surface area contributed by atoms with E-state index in [1.165, 1.54) is 6.07 Å². The molecule has 3 N–H and O–H groups in total. The molecule has 0 aliphatic rings. The molecule has 3 rings (SSSR count). The SMILES string of the molecule is [B]c1cc(CC=Nc2cc(O)c3ccc(C)cc3c2O)cc(Br)c1O. The second kappa shape index (κ2) is 6.80. The van der Waals surface area contributed by atoms with E-state index in [2.05, 4.69) is 20.9 Å². The number of phenols is 3. The Hall–Kier alpha value is -2.47. The van der Waals surface area contributed by atoms with Gasteiger partial charge >= 0.3 is 0 Å². The summed E-state index contributed by atoms with van der Waals surface area (Å²) in [7, 11) is 5.73. The van der Waals surface area contributed by atoms with Gasteiger partial charge < -0.3 is 15.3 Å². The van der Waals surface area contributed by atoms with Crippen LogP contribution in [0.1, 0.15) is 11.1 Å². The van der Waals surface area contributed by atoms with Crippen LogP contribution in [0.3, 0.4) is 0 Å². The van der Waals surface area contributed by atoms with Crippen LogP contribution in [0.5, 0.6) is 17.2 Å². The average molecular weight is 396 g/mol. The molecular weight excluding hydrogens is 381 g/mol. The maximum atomic E-state index is 10.4. The summed E-state index contributed by atoms with van der Waals surface area (Å²) in [6.45, 7) is 1.92. The van der Waals surface area contributed by atoms with Gasteiger partial charge in [0.25, 0.3) is 0 Å². The highest BCUT2D eigenvalue weighted by Gasteiger charge is 2.10. The molecule has 6 heteroatoms. The van der Waals surface area contributed by atoms with Crippen molar-refractivity contribution in [2.75, 3.05) is 0 Å². The number of hydrogen-bond acceptors (Lipinski definition) is 4. The highest BCUT2D eigenvalue weighted by atomic mass is 79.9. The number of halogens is 1. The number of benzene rings is 3. The molecule has 3 aromatic carbocycles. The molecule has 2 radical (unpaired) electrons. The third kappa shape index (κ3) is 3.49. The number of rotatable bonds is 3. The third-order valence-corrected chi connectivity index (χ3v) is 4.54. The summed E-state index contributed by atoms with van der Waals surface area (Å²) in [4.78, 5) is 4.27. The molecule has 4 nitrogen and oxygen atoms in total. The van der Waals surface area contributed by atoms with Gasteiger partial charge in [0, 0.05) is 29.5 Å². The van der Waals surface area contributed by atoms with Crippen LogP contribution in [0.25, 0.3) is 10.8 Å². The van der Waals surface area contributed by atoms with E-state index in [9.17, 15) is 15.3 Å². The Labute approximate surface area is 155 Å². The molecule has 0 aromatic heterocycles. The lowest BCUT2D eigenvalue weighted by Gasteiger charge is -2.08. The zero-order valence-corrected chi connectivity index (χ0v) is 15.1. The molecule has 0 aliphatic carbocycles. The Kier molecular flexibility index (Phi) is 4.72. The van der Waals surface area contributed by atoms with Gasteiger partial charge in [-0.2, -0.15) is 0 Å². The molecule has 0 fully saturated rings. The third-order valence-electron chi connectivity index (χ3n) is 3.93. The Bertz CT molecular complexity index is 979. The number of hydrogen-bond donors (Lipinski definition) is 3. The van der Waals surface area contributed by atoms with Crippen molar-refractivity contribution >= 4 is 51.9 Å². The highest BCUT2D eigenvalue weighted by molar-refractivity contribution is 9.10. The number of phenolic OH excluding ortho intramolecular Hbond substituents is 3. The lowest BCUT2D eigenvalue weighted by atomic mass is 9.92. The number of aliphatic imine (C=N–C) groups is 1. The molecule has 0 atom stereocenters. The van der Waals surface area contributed by atoms with E-state index in [1.807, 2.05) is 13.0 Å². The van der Waals surface area contributed by atoms with Gasteiger partial charge in [-0.15, -0.1) is 0 Å². The van der Waals surface area contributed by atoms with Gasteiger partial charge in [-0.05, 0) is 40.5 Å². The van der Waals surface area contributed by atoms with Crippen molar-refractivity contribution in [2.24, 2.45) is 4.99 Å². The molecule has 0 bridgehead atoms. The fourth-order valence-corrected chi connectivity index (χ4v) is 3.16. The molecule has 0 saturated carbocycles. The monoisotopic (exact) mass is 395 g/mol. The predicted octanol–water partition coefficient (Wildman–Crippen LogP) is 3.77. The summed E-state index contributed by atoms with van der Waals surface area (Å²) < 4.78 is 0.512. The first kappa shape index (κ1) is 17.4. The van der Waals surface area contributed by atoms with Gasteiger partial charge in [-0.3, -0.25) is 4.99 Å². The summed E-state index contributed by atoms with van der Waals surface area (Å²) in [6, 6.07) is 10.3. The summed E-state index contributed by atoms with van der Waals surface area (Å²) in [5, 5.41) is 31.4. The summed E-state index contributed by atoms with van der Waals surface area (Å²) in [5.74, 6) is 0.101. The van der Waals surface area contributed by atoms with E-state index < -0.39 is 0 Å². The van der Waals surface area contributed by atoms with Gasteiger partial charge in [-0.1, -0.05) is 29.2 Å². The number of aryl methyl sites for hydroxylation is 1. The van der Waals surface area contributed by atoms with Crippen LogP contribution in [0, 0.1) is 6.92 Å². The zero-order chi connectivity index (χ0) is 18.1. The van der Waals surface area contributed by atoms with Crippen LogP contribution in [-0.4, -0.2) is 29.4 Å². The number of fused-ring (bicyclic) bond motifs is 1. The van der Waals surface area contributed by atoms with Crippen LogP contribution in [0.4, 0.5) is 5.69 Å². The van der Waals surface area contributed by atoms with Gasteiger partial charge in [0.15, 0.2) is 0 Å². The van der Waals surface area contributed by atoms with Crippen molar-refractivity contribution < 1.29 is 15.3 Å². The first-order valence-electron chi connectivity index (χ1n) is 7.61. The standard InChI is InChI=1S/C19H15BBrNO3/c1-10-2-3-12-13(6-10)18(24)16(9-17(12)23)22-5-4-11-7-14(20)19(25)15(21)8-11/h2-3,5-9,23-25H,4H2,1H3. The first-order valence-corrected chi connectivity index (χ1v) is 8.41. The predicted molar refractivity (Wildman–Crippen MR) is 105 cm³/mol. The molecular formula is C19H15BBrNO3. The molecule has 0 unspecified atom stereocenters. The van der Waals surface area contributed by atoms with Crippen molar-refractivity contribution in [2.45, 2.75) is 13.3 Å². The Morgan fingerprint density at radius 1 is 1.04 bits per heavy atom. The largest absolute Gasteiger partial charge is 0.507 e. The van der Waals surface area contributed by atoms with Crippen molar-refractivity contribution in [1.82, 2.24) is 0 Å². The van der Waals surface area contributed by atoms with Gasteiger partial charge in [0.2, 0.25) is 0 Å². The maximum Gasteiger partial charge on any atom is 0.149 e. The number of nitrogens with zero attached hydrogens (tertiary/aromatic N) is 1. The topological polar surface area (TPSA) is 73.1 Å². The smallest absolute Gasteiger partial charge is 0.149 e. The average Bonchev–Trinajstić information content (AvgIpc) is 2.56. The van der Waals surface area contributed by atoms with Gasteiger partial charge in [0.1, 0.15) is 30.8 Å². The van der Waals surface area contributed by atoms with Crippen LogP contribution in [0.2, 0.25) is 0 Å². The van der Waals surface area contributed by atoms with Crippen molar-refractivity contribution in [3.8, 4) is 17.2 Å². The van der Waals surface area contributed by atoms with Crippen molar-refractivity contribution in [3.05, 3.63) is 52.0 Å². The first-order chi connectivity index (χ1) is 11.9.